The van der Waals surface area contributed by atoms with Gasteiger partial charge in [0.05, 0.1) is 42.0 Å². The number of ether oxygens (including phenoxy) is 2. The molecule has 2 unspecified atom stereocenters. The summed E-state index contributed by atoms with van der Waals surface area (Å²) < 4.78 is 11.9. The summed E-state index contributed by atoms with van der Waals surface area (Å²) >= 11 is 6.61. The van der Waals surface area contributed by atoms with E-state index < -0.39 is 0 Å². The van der Waals surface area contributed by atoms with Crippen molar-refractivity contribution in [2.24, 2.45) is 11.8 Å². The van der Waals surface area contributed by atoms with Crippen LogP contribution < -0.4 is 30.7 Å². The van der Waals surface area contributed by atoms with Gasteiger partial charge in [-0.05, 0) is 90.1 Å². The minimum atomic E-state index is -0.344. The van der Waals surface area contributed by atoms with E-state index in [1.165, 1.54) is 0 Å². The fraction of sp³-hybridized carbons (Fsp3) is 0.533. The molecule has 2 atom stereocenters. The Hall–Kier alpha value is -3.19. The number of hydrogen-bond donors (Lipinski definition) is 4. The summed E-state index contributed by atoms with van der Waals surface area (Å²) in [4.78, 5) is 14.8. The number of nitriles is 1. The molecule has 4 N–H and O–H groups in total. The number of halogens is 1. The molecule has 4 rings (SSSR count). The Labute approximate surface area is 242 Å². The van der Waals surface area contributed by atoms with Gasteiger partial charge in [0, 0.05) is 36.0 Å². The minimum absolute atomic E-state index is 0.0697. The van der Waals surface area contributed by atoms with Crippen LogP contribution in [0.5, 0.6) is 11.5 Å². The van der Waals surface area contributed by atoms with Crippen LogP contribution in [0.4, 0.5) is 17.1 Å². The SMILES string of the molecule is CCOc1cc2c(cc1NC(=O)CCCN(C)C)C(Nc1ccc(OCC3CCNCC3)c(Cl)c1)C(C#N)CN2. The Balaban J connectivity index is 1.52. The van der Waals surface area contributed by atoms with Gasteiger partial charge >= 0.3 is 0 Å². The van der Waals surface area contributed by atoms with Gasteiger partial charge in [0.1, 0.15) is 11.5 Å². The highest BCUT2D eigenvalue weighted by atomic mass is 35.5. The highest BCUT2D eigenvalue weighted by molar-refractivity contribution is 6.32. The Bertz CT molecular complexity index is 1190. The predicted octanol–water partition coefficient (Wildman–Crippen LogP) is 5.12. The van der Waals surface area contributed by atoms with Crippen LogP contribution in [-0.2, 0) is 4.79 Å². The van der Waals surface area contributed by atoms with E-state index in [9.17, 15) is 10.1 Å². The predicted molar refractivity (Wildman–Crippen MR) is 161 cm³/mol. The van der Waals surface area contributed by atoms with E-state index >= 15 is 0 Å². The molecule has 9 nitrogen and oxygen atoms in total. The van der Waals surface area contributed by atoms with Crippen molar-refractivity contribution in [3.63, 3.8) is 0 Å². The molecular weight excluding hydrogens is 528 g/mol. The molecule has 2 aliphatic rings. The lowest BCUT2D eigenvalue weighted by molar-refractivity contribution is -0.116. The normalized spacial score (nSPS) is 18.8. The zero-order valence-corrected chi connectivity index (χ0v) is 24.4. The topological polar surface area (TPSA) is 111 Å². The summed E-state index contributed by atoms with van der Waals surface area (Å²) in [5.41, 5.74) is 3.14. The fourth-order valence-electron chi connectivity index (χ4n) is 5.14. The van der Waals surface area contributed by atoms with Gasteiger partial charge in [-0.15, -0.1) is 0 Å². The third kappa shape index (κ3) is 7.94. The molecule has 1 saturated heterocycles. The Morgan fingerprint density at radius 3 is 2.67 bits per heavy atom. The molecule has 0 spiro atoms. The zero-order chi connectivity index (χ0) is 28.5. The van der Waals surface area contributed by atoms with Crippen molar-refractivity contribution in [1.29, 1.82) is 5.26 Å². The van der Waals surface area contributed by atoms with E-state index in [4.69, 9.17) is 21.1 Å². The Morgan fingerprint density at radius 2 is 1.98 bits per heavy atom. The molecule has 2 aromatic rings. The van der Waals surface area contributed by atoms with Gasteiger partial charge in [-0.2, -0.15) is 5.26 Å². The molecule has 40 heavy (non-hydrogen) atoms. The smallest absolute Gasteiger partial charge is 0.224 e. The maximum atomic E-state index is 12.7. The second-order valence-corrected chi connectivity index (χ2v) is 11.1. The molecule has 0 aliphatic carbocycles. The molecule has 0 bridgehead atoms. The van der Waals surface area contributed by atoms with Crippen molar-refractivity contribution in [3.8, 4) is 17.6 Å². The van der Waals surface area contributed by atoms with Crippen LogP contribution in [-0.4, -0.2) is 64.3 Å². The third-order valence-corrected chi connectivity index (χ3v) is 7.63. The van der Waals surface area contributed by atoms with Crippen molar-refractivity contribution >= 4 is 34.6 Å². The number of amides is 1. The number of carbonyl (C=O) groups is 1. The number of carbonyl (C=O) groups excluding carboxylic acids is 1. The van der Waals surface area contributed by atoms with E-state index in [-0.39, 0.29) is 17.9 Å². The van der Waals surface area contributed by atoms with Crippen LogP contribution in [0, 0.1) is 23.2 Å². The first-order valence-corrected chi connectivity index (χ1v) is 14.5. The summed E-state index contributed by atoms with van der Waals surface area (Å²) in [6.45, 7) is 6.39. The van der Waals surface area contributed by atoms with Crippen LogP contribution in [0.2, 0.25) is 5.02 Å². The number of nitrogens with zero attached hydrogens (tertiary/aromatic N) is 2. The fourth-order valence-corrected chi connectivity index (χ4v) is 5.38. The molecule has 2 aliphatic heterocycles. The molecule has 10 heteroatoms. The molecule has 0 saturated carbocycles. The first-order chi connectivity index (χ1) is 19.4. The van der Waals surface area contributed by atoms with Crippen molar-refractivity contribution in [2.75, 3.05) is 69.4 Å². The maximum Gasteiger partial charge on any atom is 0.224 e. The van der Waals surface area contributed by atoms with Gasteiger partial charge in [-0.25, -0.2) is 0 Å². The van der Waals surface area contributed by atoms with Crippen LogP contribution >= 0.6 is 11.6 Å². The maximum absolute atomic E-state index is 12.7. The van der Waals surface area contributed by atoms with E-state index in [2.05, 4.69) is 32.2 Å². The summed E-state index contributed by atoms with van der Waals surface area (Å²) in [7, 11) is 3.98. The van der Waals surface area contributed by atoms with Gasteiger partial charge in [0.2, 0.25) is 5.91 Å². The van der Waals surface area contributed by atoms with E-state index in [1.807, 2.05) is 51.4 Å². The highest BCUT2D eigenvalue weighted by Gasteiger charge is 2.31. The second kappa shape index (κ2) is 14.4. The standard InChI is InChI=1S/C30H41ClN6O3/c1-4-39-28-16-25-23(15-26(28)36-29(38)6-5-13-37(2)3)30(21(17-32)18-34-25)35-22-7-8-27(24(31)14-22)40-19-20-9-11-33-12-10-20/h7-8,14-16,20-21,30,33-35H,4-6,9-13,18-19H2,1-3H3,(H,36,38). The average Bonchev–Trinajstić information content (AvgIpc) is 2.94. The van der Waals surface area contributed by atoms with Crippen molar-refractivity contribution in [1.82, 2.24) is 10.2 Å². The third-order valence-electron chi connectivity index (χ3n) is 7.34. The molecule has 0 aromatic heterocycles. The zero-order valence-electron chi connectivity index (χ0n) is 23.7. The van der Waals surface area contributed by atoms with E-state index in [0.717, 1.165) is 55.8 Å². The van der Waals surface area contributed by atoms with Gasteiger partial charge in [0.25, 0.3) is 0 Å². The van der Waals surface area contributed by atoms with Crippen LogP contribution in [0.1, 0.15) is 44.2 Å². The van der Waals surface area contributed by atoms with Crippen molar-refractivity contribution < 1.29 is 14.3 Å². The molecule has 1 fully saturated rings. The van der Waals surface area contributed by atoms with Gasteiger partial charge in [-0.1, -0.05) is 11.6 Å². The number of rotatable bonds is 12. The molecule has 2 aromatic carbocycles. The Kier molecular flexibility index (Phi) is 10.8. The van der Waals surface area contributed by atoms with Gasteiger partial charge < -0.3 is 35.6 Å². The number of piperidine rings is 1. The van der Waals surface area contributed by atoms with Gasteiger partial charge in [0.15, 0.2) is 0 Å². The van der Waals surface area contributed by atoms with Crippen LogP contribution in [0.15, 0.2) is 30.3 Å². The summed E-state index contributed by atoms with van der Waals surface area (Å²) in [5.74, 6) is 1.38. The largest absolute Gasteiger partial charge is 0.492 e. The van der Waals surface area contributed by atoms with Crippen molar-refractivity contribution in [3.05, 3.63) is 40.9 Å². The Morgan fingerprint density at radius 1 is 1.18 bits per heavy atom. The van der Waals surface area contributed by atoms with Crippen molar-refractivity contribution in [2.45, 2.75) is 38.6 Å². The first-order valence-electron chi connectivity index (χ1n) is 14.2. The average molecular weight is 569 g/mol. The summed E-state index contributed by atoms with van der Waals surface area (Å²) in [6, 6.07) is 11.6. The quantitative estimate of drug-likeness (QED) is 0.279. The summed E-state index contributed by atoms with van der Waals surface area (Å²) in [6.07, 6.45) is 3.37. The minimum Gasteiger partial charge on any atom is -0.492 e. The number of fused-ring (bicyclic) bond motifs is 1. The number of hydrogen-bond acceptors (Lipinski definition) is 8. The first kappa shape index (κ1) is 29.8. The molecule has 0 radical (unpaired) electrons. The van der Waals surface area contributed by atoms with E-state index in [0.29, 0.717) is 54.3 Å². The van der Waals surface area contributed by atoms with Crippen LogP contribution in [0.3, 0.4) is 0 Å². The molecular formula is C30H41ClN6O3. The highest BCUT2D eigenvalue weighted by Crippen LogP contribution is 2.42. The molecule has 1 amide bonds. The van der Waals surface area contributed by atoms with Gasteiger partial charge in [-0.3, -0.25) is 4.79 Å². The number of anilines is 3. The van der Waals surface area contributed by atoms with Crippen LogP contribution in [0.25, 0.3) is 0 Å². The lowest BCUT2D eigenvalue weighted by Gasteiger charge is -2.33. The number of benzene rings is 2. The number of nitrogens with one attached hydrogen (secondary N) is 4. The lowest BCUT2D eigenvalue weighted by Crippen LogP contribution is -2.31. The molecule has 2 heterocycles. The monoisotopic (exact) mass is 568 g/mol. The summed E-state index contributed by atoms with van der Waals surface area (Å²) in [5, 5.41) is 23.8. The van der Waals surface area contributed by atoms with E-state index in [1.54, 1.807) is 0 Å². The lowest BCUT2D eigenvalue weighted by atomic mass is 9.88. The molecule has 216 valence electrons. The second-order valence-electron chi connectivity index (χ2n) is 10.7.